The van der Waals surface area contributed by atoms with Crippen LogP contribution in [0.2, 0.25) is 0 Å². The summed E-state index contributed by atoms with van der Waals surface area (Å²) in [5, 5.41) is 0. The van der Waals surface area contributed by atoms with Crippen molar-refractivity contribution in [2.75, 3.05) is 5.73 Å². The van der Waals surface area contributed by atoms with Crippen LogP contribution in [0.1, 0.15) is 31.2 Å². The van der Waals surface area contributed by atoms with Crippen molar-refractivity contribution in [3.63, 3.8) is 0 Å². The summed E-state index contributed by atoms with van der Waals surface area (Å²) in [4.78, 5) is 0. The molecule has 1 aromatic carbocycles. The molecule has 0 aliphatic heterocycles. The van der Waals surface area contributed by atoms with E-state index < -0.39 is 10.0 Å². The molecule has 3 unspecified atom stereocenters. The number of fused-ring (bicyclic) bond motifs is 2. The first kappa shape index (κ1) is 12.9. The molecule has 2 bridgehead atoms. The van der Waals surface area contributed by atoms with E-state index in [9.17, 15) is 8.42 Å². The van der Waals surface area contributed by atoms with Gasteiger partial charge < -0.3 is 5.73 Å². The van der Waals surface area contributed by atoms with Crippen molar-refractivity contribution in [1.29, 1.82) is 0 Å². The van der Waals surface area contributed by atoms with Crippen LogP contribution in [0, 0.1) is 11.8 Å². The Labute approximate surface area is 114 Å². The summed E-state index contributed by atoms with van der Waals surface area (Å²) in [5.74, 6) is 1.35. The van der Waals surface area contributed by atoms with E-state index in [0.717, 1.165) is 17.9 Å². The van der Waals surface area contributed by atoms with E-state index in [-0.39, 0.29) is 11.8 Å². The molecule has 2 aliphatic rings. The third-order valence-corrected chi connectivity index (χ3v) is 5.78. The van der Waals surface area contributed by atoms with E-state index in [1.54, 1.807) is 24.3 Å². The predicted octanol–water partition coefficient (Wildman–Crippen LogP) is 1.88. The highest BCUT2D eigenvalue weighted by Crippen LogP contribution is 2.44. The molecule has 0 saturated heterocycles. The summed E-state index contributed by atoms with van der Waals surface area (Å²) in [5.41, 5.74) is 7.04. The number of nitrogens with one attached hydrogen (secondary N) is 1. The average molecular weight is 280 g/mol. The number of nitrogen functional groups attached to an aromatic ring is 1. The van der Waals surface area contributed by atoms with Gasteiger partial charge in [-0.05, 0) is 48.8 Å². The third kappa shape index (κ3) is 2.92. The Balaban J connectivity index is 1.64. The van der Waals surface area contributed by atoms with Gasteiger partial charge in [0, 0.05) is 11.7 Å². The number of anilines is 1. The lowest BCUT2D eigenvalue weighted by atomic mass is 9.96. The average Bonchev–Trinajstić information content (AvgIpc) is 2.93. The molecule has 2 aliphatic carbocycles. The monoisotopic (exact) mass is 280 g/mol. The Kier molecular flexibility index (Phi) is 3.27. The maximum atomic E-state index is 12.2. The summed E-state index contributed by atoms with van der Waals surface area (Å²) >= 11 is 0. The minimum Gasteiger partial charge on any atom is -0.399 e. The van der Waals surface area contributed by atoms with Gasteiger partial charge in [-0.2, -0.15) is 0 Å². The van der Waals surface area contributed by atoms with Crippen LogP contribution >= 0.6 is 0 Å². The molecule has 0 spiro atoms. The van der Waals surface area contributed by atoms with Gasteiger partial charge in [-0.25, -0.2) is 13.1 Å². The van der Waals surface area contributed by atoms with Crippen LogP contribution in [0.25, 0.3) is 0 Å². The Hall–Kier alpha value is -1.07. The van der Waals surface area contributed by atoms with E-state index in [2.05, 4.69) is 4.72 Å². The van der Waals surface area contributed by atoms with Gasteiger partial charge in [-0.1, -0.05) is 18.6 Å². The van der Waals surface area contributed by atoms with E-state index >= 15 is 0 Å². The second-order valence-electron chi connectivity index (χ2n) is 5.90. The lowest BCUT2D eigenvalue weighted by molar-refractivity contribution is 0.390. The first-order valence-electron chi connectivity index (χ1n) is 6.86. The third-order valence-electron chi connectivity index (χ3n) is 4.41. The maximum absolute atomic E-state index is 12.2. The predicted molar refractivity (Wildman–Crippen MR) is 75.8 cm³/mol. The minimum absolute atomic E-state index is 0.0428. The van der Waals surface area contributed by atoms with Gasteiger partial charge in [-0.15, -0.1) is 0 Å². The fourth-order valence-corrected chi connectivity index (χ4v) is 4.96. The standard InChI is InChI=1S/C14H20N2O2S/c15-13-5-2-10(3-6-13)9-19(17,18)16-14-8-11-1-4-12(14)7-11/h2-3,5-6,11-12,14,16H,1,4,7-9,15H2. The van der Waals surface area contributed by atoms with Crippen LogP contribution in [0.4, 0.5) is 5.69 Å². The molecule has 3 rings (SSSR count). The highest BCUT2D eigenvalue weighted by Gasteiger charge is 2.40. The van der Waals surface area contributed by atoms with Crippen molar-refractivity contribution in [2.24, 2.45) is 11.8 Å². The topological polar surface area (TPSA) is 72.2 Å². The SMILES string of the molecule is Nc1ccc(CS(=O)(=O)NC2CC3CCC2C3)cc1. The lowest BCUT2D eigenvalue weighted by Crippen LogP contribution is -2.39. The van der Waals surface area contributed by atoms with Crippen molar-refractivity contribution < 1.29 is 8.42 Å². The Morgan fingerprint density at radius 3 is 2.47 bits per heavy atom. The fraction of sp³-hybridized carbons (Fsp3) is 0.571. The van der Waals surface area contributed by atoms with Crippen LogP contribution in [0.5, 0.6) is 0 Å². The number of rotatable bonds is 4. The van der Waals surface area contributed by atoms with Crippen LogP contribution in [0.15, 0.2) is 24.3 Å². The van der Waals surface area contributed by atoms with Crippen molar-refractivity contribution >= 4 is 15.7 Å². The molecular formula is C14H20N2O2S. The van der Waals surface area contributed by atoms with Crippen molar-refractivity contribution in [3.05, 3.63) is 29.8 Å². The molecule has 0 heterocycles. The Morgan fingerprint density at radius 2 is 1.89 bits per heavy atom. The second-order valence-corrected chi connectivity index (χ2v) is 7.65. The number of sulfonamides is 1. The first-order valence-corrected chi connectivity index (χ1v) is 8.51. The Bertz CT molecular complexity index is 553. The van der Waals surface area contributed by atoms with E-state index in [0.29, 0.717) is 11.6 Å². The number of nitrogens with two attached hydrogens (primary N) is 1. The second kappa shape index (κ2) is 4.80. The van der Waals surface area contributed by atoms with Gasteiger partial charge in [0.2, 0.25) is 10.0 Å². The molecular weight excluding hydrogens is 260 g/mol. The highest BCUT2D eigenvalue weighted by molar-refractivity contribution is 7.88. The zero-order valence-electron chi connectivity index (χ0n) is 10.9. The quantitative estimate of drug-likeness (QED) is 0.827. The normalized spacial score (nSPS) is 29.8. The maximum Gasteiger partial charge on any atom is 0.216 e. The highest BCUT2D eigenvalue weighted by atomic mass is 32.2. The molecule has 2 saturated carbocycles. The van der Waals surface area contributed by atoms with Gasteiger partial charge in [0.15, 0.2) is 0 Å². The molecule has 1 aromatic rings. The molecule has 0 aromatic heterocycles. The molecule has 2 fully saturated rings. The van der Waals surface area contributed by atoms with Crippen molar-refractivity contribution in [3.8, 4) is 0 Å². The summed E-state index contributed by atoms with van der Waals surface area (Å²) in [7, 11) is -3.24. The zero-order valence-corrected chi connectivity index (χ0v) is 11.7. The lowest BCUT2D eigenvalue weighted by Gasteiger charge is -2.22. The molecule has 0 radical (unpaired) electrons. The smallest absolute Gasteiger partial charge is 0.216 e. The van der Waals surface area contributed by atoms with Gasteiger partial charge >= 0.3 is 0 Å². The van der Waals surface area contributed by atoms with Crippen molar-refractivity contribution in [2.45, 2.75) is 37.5 Å². The van der Waals surface area contributed by atoms with Gasteiger partial charge in [-0.3, -0.25) is 0 Å². The van der Waals surface area contributed by atoms with E-state index in [1.807, 2.05) is 0 Å². The summed E-state index contributed by atoms with van der Waals surface area (Å²) in [6, 6.07) is 7.19. The summed E-state index contributed by atoms with van der Waals surface area (Å²) in [6.07, 6.45) is 4.68. The summed E-state index contributed by atoms with van der Waals surface area (Å²) in [6.45, 7) is 0. The van der Waals surface area contributed by atoms with Gasteiger partial charge in [0.05, 0.1) is 5.75 Å². The number of hydrogen-bond donors (Lipinski definition) is 2. The van der Waals surface area contributed by atoms with E-state index in [4.69, 9.17) is 5.73 Å². The summed E-state index contributed by atoms with van der Waals surface area (Å²) < 4.78 is 27.2. The Morgan fingerprint density at radius 1 is 1.16 bits per heavy atom. The molecule has 19 heavy (non-hydrogen) atoms. The van der Waals surface area contributed by atoms with Crippen LogP contribution < -0.4 is 10.5 Å². The van der Waals surface area contributed by atoms with Gasteiger partial charge in [0.1, 0.15) is 0 Å². The van der Waals surface area contributed by atoms with Crippen LogP contribution in [-0.4, -0.2) is 14.5 Å². The first-order chi connectivity index (χ1) is 9.02. The van der Waals surface area contributed by atoms with Crippen LogP contribution in [-0.2, 0) is 15.8 Å². The molecule has 5 heteroatoms. The molecule has 104 valence electrons. The molecule has 4 nitrogen and oxygen atoms in total. The number of benzene rings is 1. The van der Waals surface area contributed by atoms with Crippen molar-refractivity contribution in [1.82, 2.24) is 4.72 Å². The van der Waals surface area contributed by atoms with Gasteiger partial charge in [0.25, 0.3) is 0 Å². The fourth-order valence-electron chi connectivity index (χ4n) is 3.49. The van der Waals surface area contributed by atoms with E-state index in [1.165, 1.54) is 19.3 Å². The molecule has 0 amide bonds. The van der Waals surface area contributed by atoms with Crippen LogP contribution in [0.3, 0.4) is 0 Å². The minimum atomic E-state index is -3.24. The largest absolute Gasteiger partial charge is 0.399 e. The molecule has 3 atom stereocenters. The molecule has 3 N–H and O–H groups in total. The number of hydrogen-bond acceptors (Lipinski definition) is 3. The zero-order chi connectivity index (χ0) is 13.5.